The Bertz CT molecular complexity index is 1000. The lowest BCUT2D eigenvalue weighted by atomic mass is 10.2. The molecule has 0 bridgehead atoms. The first-order valence-electron chi connectivity index (χ1n) is 7.58. The molecule has 0 spiro atoms. The zero-order valence-corrected chi connectivity index (χ0v) is 15.7. The summed E-state index contributed by atoms with van der Waals surface area (Å²) in [6.45, 7) is 1.60. The zero-order valence-electron chi connectivity index (χ0n) is 14.1. The van der Waals surface area contributed by atoms with Crippen molar-refractivity contribution in [3.05, 3.63) is 59.2 Å². The number of aromatic nitrogens is 2. The van der Waals surface area contributed by atoms with Gasteiger partial charge in [0.25, 0.3) is 0 Å². The molecular weight excluding hydrogens is 377 g/mol. The molecule has 0 aromatic carbocycles. The van der Waals surface area contributed by atoms with Crippen molar-refractivity contribution in [1.29, 1.82) is 0 Å². The van der Waals surface area contributed by atoms with Gasteiger partial charge < -0.3 is 4.74 Å². The van der Waals surface area contributed by atoms with Gasteiger partial charge in [-0.25, -0.2) is 13.4 Å². The van der Waals surface area contributed by atoms with Crippen LogP contribution in [0.5, 0.6) is 5.75 Å². The number of sulfonamides is 1. The van der Waals surface area contributed by atoms with Crippen molar-refractivity contribution < 1.29 is 17.5 Å². The first-order valence-corrected chi connectivity index (χ1v) is 10.1. The number of methoxy groups -OCH3 is 1. The van der Waals surface area contributed by atoms with E-state index in [4.69, 9.17) is 4.74 Å². The van der Waals surface area contributed by atoms with Gasteiger partial charge in [-0.2, -0.15) is 4.39 Å². The molecule has 0 saturated heterocycles. The molecule has 3 rings (SSSR count). The maximum absolute atomic E-state index is 13.8. The summed E-state index contributed by atoms with van der Waals surface area (Å²) < 4.78 is 46.3. The van der Waals surface area contributed by atoms with E-state index in [9.17, 15) is 12.8 Å². The molecule has 0 saturated carbocycles. The molecule has 3 heterocycles. The number of hydrogen-bond donors (Lipinski definition) is 1. The highest BCUT2D eigenvalue weighted by atomic mass is 32.2. The molecule has 0 unspecified atom stereocenters. The second kappa shape index (κ2) is 7.38. The predicted molar refractivity (Wildman–Crippen MR) is 99.3 cm³/mol. The molecule has 0 amide bonds. The number of pyridine rings is 2. The van der Waals surface area contributed by atoms with Crippen LogP contribution in [0.2, 0.25) is 0 Å². The van der Waals surface area contributed by atoms with E-state index in [0.29, 0.717) is 17.0 Å². The number of rotatable bonds is 6. The van der Waals surface area contributed by atoms with Gasteiger partial charge in [-0.15, -0.1) is 11.3 Å². The Kier molecular flexibility index (Phi) is 5.19. The molecule has 3 aromatic rings. The smallest absolute Gasteiger partial charge is 0.238 e. The lowest BCUT2D eigenvalue weighted by Crippen LogP contribution is -2.18. The van der Waals surface area contributed by atoms with Crippen LogP contribution in [0.25, 0.3) is 10.4 Å². The third-order valence-corrected chi connectivity index (χ3v) is 5.73. The van der Waals surface area contributed by atoms with Crippen molar-refractivity contribution in [3.8, 4) is 16.2 Å². The van der Waals surface area contributed by atoms with Gasteiger partial charge in [0.15, 0.2) is 0 Å². The maximum Gasteiger partial charge on any atom is 0.238 e. The van der Waals surface area contributed by atoms with E-state index in [1.807, 2.05) is 17.5 Å². The average Bonchev–Trinajstić information content (AvgIpc) is 3.12. The summed E-state index contributed by atoms with van der Waals surface area (Å²) in [5.74, 6) is -0.713. The van der Waals surface area contributed by atoms with Crippen LogP contribution in [0, 0.1) is 12.9 Å². The van der Waals surface area contributed by atoms with Gasteiger partial charge >= 0.3 is 0 Å². The fourth-order valence-corrected chi connectivity index (χ4v) is 4.31. The summed E-state index contributed by atoms with van der Waals surface area (Å²) >= 11 is 1.51. The Balaban J connectivity index is 1.89. The highest BCUT2D eigenvalue weighted by molar-refractivity contribution is 7.91. The minimum atomic E-state index is -3.87. The van der Waals surface area contributed by atoms with Gasteiger partial charge in [-0.3, -0.25) is 9.71 Å². The summed E-state index contributed by atoms with van der Waals surface area (Å²) in [5.41, 5.74) is 1.37. The third-order valence-electron chi connectivity index (χ3n) is 3.64. The molecule has 6 nitrogen and oxygen atoms in total. The number of halogens is 1. The minimum absolute atomic E-state index is 0.153. The summed E-state index contributed by atoms with van der Waals surface area (Å²) in [7, 11) is -2.34. The van der Waals surface area contributed by atoms with Gasteiger partial charge in [-0.1, -0.05) is 6.07 Å². The first-order chi connectivity index (χ1) is 12.4. The molecule has 0 aliphatic rings. The molecule has 9 heteroatoms. The molecule has 3 aromatic heterocycles. The van der Waals surface area contributed by atoms with E-state index in [1.54, 1.807) is 13.0 Å². The van der Waals surface area contributed by atoms with Gasteiger partial charge in [0.2, 0.25) is 16.0 Å². The summed E-state index contributed by atoms with van der Waals surface area (Å²) in [6, 6.07) is 7.00. The Labute approximate surface area is 154 Å². The molecule has 0 radical (unpaired) electrons. The fraction of sp³-hybridized carbons (Fsp3) is 0.176. The number of ether oxygens (including phenoxy) is 1. The van der Waals surface area contributed by atoms with Crippen LogP contribution in [0.4, 0.5) is 10.1 Å². The Morgan fingerprint density at radius 1 is 1.31 bits per heavy atom. The quantitative estimate of drug-likeness (QED) is 0.647. The maximum atomic E-state index is 13.8. The lowest BCUT2D eigenvalue weighted by Gasteiger charge is -2.12. The number of nitrogens with zero attached hydrogens (tertiary/aromatic N) is 2. The molecule has 0 atom stereocenters. The monoisotopic (exact) mass is 393 g/mol. The molecule has 0 fully saturated rings. The number of aryl methyl sites for hydroxylation is 1. The Morgan fingerprint density at radius 3 is 2.77 bits per heavy atom. The van der Waals surface area contributed by atoms with Gasteiger partial charge in [0.1, 0.15) is 17.2 Å². The van der Waals surface area contributed by atoms with Gasteiger partial charge in [0, 0.05) is 16.6 Å². The number of hydrogen-bond acceptors (Lipinski definition) is 6. The summed E-state index contributed by atoms with van der Waals surface area (Å²) in [6.07, 6.45) is 2.76. The topological polar surface area (TPSA) is 81.2 Å². The Hall–Kier alpha value is -2.52. The fourth-order valence-electron chi connectivity index (χ4n) is 2.39. The number of nitrogens with one attached hydrogen (secondary N) is 1. The molecule has 1 N–H and O–H groups in total. The van der Waals surface area contributed by atoms with E-state index in [1.165, 1.54) is 36.9 Å². The molecule has 136 valence electrons. The van der Waals surface area contributed by atoms with Crippen LogP contribution in [0.1, 0.15) is 11.3 Å². The predicted octanol–water partition coefficient (Wildman–Crippen LogP) is 3.60. The van der Waals surface area contributed by atoms with Crippen LogP contribution in [0.3, 0.4) is 0 Å². The SMILES string of the molecule is COc1cnc(CS(=O)(=O)Nc2c(C)ccnc2F)cc1-c1cccs1. The van der Waals surface area contributed by atoms with Crippen LogP contribution in [-0.2, 0) is 15.8 Å². The minimum Gasteiger partial charge on any atom is -0.494 e. The standard InChI is InChI=1S/C17H16FN3O3S2/c1-11-5-6-19-17(18)16(11)21-26(22,23)10-12-8-13(14(24-2)9-20-12)15-4-3-7-25-15/h3-9,21H,10H2,1-2H3. The van der Waals surface area contributed by atoms with Crippen LogP contribution in [0.15, 0.2) is 42.0 Å². The second-order valence-electron chi connectivity index (χ2n) is 5.51. The second-order valence-corrected chi connectivity index (χ2v) is 8.18. The van der Waals surface area contributed by atoms with E-state index in [0.717, 1.165) is 10.4 Å². The molecular formula is C17H16FN3O3S2. The van der Waals surface area contributed by atoms with E-state index < -0.39 is 21.7 Å². The largest absolute Gasteiger partial charge is 0.494 e. The molecule has 26 heavy (non-hydrogen) atoms. The third kappa shape index (κ3) is 4.00. The van der Waals surface area contributed by atoms with Crippen molar-refractivity contribution in [3.63, 3.8) is 0 Å². The number of anilines is 1. The van der Waals surface area contributed by atoms with Crippen molar-refractivity contribution in [2.75, 3.05) is 11.8 Å². The van der Waals surface area contributed by atoms with Gasteiger partial charge in [-0.05, 0) is 36.1 Å². The highest BCUT2D eigenvalue weighted by Crippen LogP contribution is 2.33. The van der Waals surface area contributed by atoms with E-state index >= 15 is 0 Å². The Morgan fingerprint density at radius 2 is 2.12 bits per heavy atom. The molecule has 0 aliphatic carbocycles. The van der Waals surface area contributed by atoms with Gasteiger partial charge in [0.05, 0.1) is 19.0 Å². The first kappa shape index (κ1) is 18.3. The van der Waals surface area contributed by atoms with Crippen LogP contribution >= 0.6 is 11.3 Å². The summed E-state index contributed by atoms with van der Waals surface area (Å²) in [5, 5.41) is 1.92. The lowest BCUT2D eigenvalue weighted by molar-refractivity contribution is 0.414. The van der Waals surface area contributed by atoms with Crippen molar-refractivity contribution in [2.24, 2.45) is 0 Å². The zero-order chi connectivity index (χ0) is 18.7. The molecule has 0 aliphatic heterocycles. The van der Waals surface area contributed by atoms with Crippen molar-refractivity contribution in [2.45, 2.75) is 12.7 Å². The van der Waals surface area contributed by atoms with Crippen molar-refractivity contribution >= 4 is 27.0 Å². The van der Waals surface area contributed by atoms with Crippen LogP contribution in [-0.4, -0.2) is 25.5 Å². The normalized spacial score (nSPS) is 11.3. The van der Waals surface area contributed by atoms with Crippen LogP contribution < -0.4 is 9.46 Å². The summed E-state index contributed by atoms with van der Waals surface area (Å²) in [4.78, 5) is 8.56. The average molecular weight is 393 g/mol. The highest BCUT2D eigenvalue weighted by Gasteiger charge is 2.19. The van der Waals surface area contributed by atoms with E-state index in [-0.39, 0.29) is 5.69 Å². The van der Waals surface area contributed by atoms with E-state index in [2.05, 4.69) is 14.7 Å². The van der Waals surface area contributed by atoms with Crippen molar-refractivity contribution in [1.82, 2.24) is 9.97 Å². The number of thiophene rings is 1.